The Balaban J connectivity index is 2.12. The number of aromatic nitrogens is 1. The van der Waals surface area contributed by atoms with E-state index in [0.717, 1.165) is 17.0 Å². The lowest BCUT2D eigenvalue weighted by molar-refractivity contribution is 0.0783. The first kappa shape index (κ1) is 14.2. The summed E-state index contributed by atoms with van der Waals surface area (Å²) in [6, 6.07) is 13.2. The molecule has 0 fully saturated rings. The van der Waals surface area contributed by atoms with E-state index in [0.29, 0.717) is 18.7 Å². The van der Waals surface area contributed by atoms with Crippen molar-refractivity contribution in [2.45, 2.75) is 20.0 Å². The van der Waals surface area contributed by atoms with Crippen molar-refractivity contribution < 1.29 is 4.79 Å². The zero-order valence-electron chi connectivity index (χ0n) is 11.8. The number of carbonyl (C=O) groups excluding carboxylic acids is 1. The predicted molar refractivity (Wildman–Crippen MR) is 79.1 cm³/mol. The van der Waals surface area contributed by atoms with Gasteiger partial charge in [0.15, 0.2) is 0 Å². The fourth-order valence-corrected chi connectivity index (χ4v) is 2.05. The van der Waals surface area contributed by atoms with Gasteiger partial charge in [-0.2, -0.15) is 0 Å². The van der Waals surface area contributed by atoms with Gasteiger partial charge in [-0.1, -0.05) is 18.2 Å². The van der Waals surface area contributed by atoms with Gasteiger partial charge >= 0.3 is 0 Å². The van der Waals surface area contributed by atoms with Crippen LogP contribution in [0.4, 0.5) is 0 Å². The average molecular weight is 269 g/mol. The second kappa shape index (κ2) is 6.30. The Labute approximate surface area is 119 Å². The number of hydrogen-bond donors (Lipinski definition) is 1. The summed E-state index contributed by atoms with van der Waals surface area (Å²) in [6.45, 7) is 2.87. The van der Waals surface area contributed by atoms with Crippen LogP contribution in [0.25, 0.3) is 0 Å². The third-order valence-electron chi connectivity index (χ3n) is 3.10. The molecule has 0 bridgehead atoms. The number of nitrogens with two attached hydrogens (primary N) is 1. The summed E-state index contributed by atoms with van der Waals surface area (Å²) in [6.07, 6.45) is 0. The van der Waals surface area contributed by atoms with Gasteiger partial charge in [0.25, 0.3) is 5.91 Å². The molecular formula is C16H19N3O. The smallest absolute Gasteiger partial charge is 0.253 e. The highest BCUT2D eigenvalue weighted by Crippen LogP contribution is 2.10. The van der Waals surface area contributed by atoms with Gasteiger partial charge in [0.1, 0.15) is 0 Å². The van der Waals surface area contributed by atoms with Gasteiger partial charge in [0, 0.05) is 24.8 Å². The lowest BCUT2D eigenvalue weighted by Gasteiger charge is -2.17. The highest BCUT2D eigenvalue weighted by atomic mass is 16.2. The first-order valence-electron chi connectivity index (χ1n) is 6.57. The van der Waals surface area contributed by atoms with Crippen molar-refractivity contribution in [3.63, 3.8) is 0 Å². The summed E-state index contributed by atoms with van der Waals surface area (Å²) >= 11 is 0. The maximum absolute atomic E-state index is 12.4. The predicted octanol–water partition coefficient (Wildman–Crippen LogP) is 2.12. The van der Waals surface area contributed by atoms with Crippen LogP contribution >= 0.6 is 0 Å². The van der Waals surface area contributed by atoms with Crippen LogP contribution < -0.4 is 5.73 Å². The first-order valence-corrected chi connectivity index (χ1v) is 6.57. The summed E-state index contributed by atoms with van der Waals surface area (Å²) in [5.74, 6) is -0.0244. The van der Waals surface area contributed by atoms with E-state index < -0.39 is 0 Å². The van der Waals surface area contributed by atoms with Crippen LogP contribution in [-0.4, -0.2) is 22.8 Å². The van der Waals surface area contributed by atoms with E-state index >= 15 is 0 Å². The number of amides is 1. The van der Waals surface area contributed by atoms with Crippen LogP contribution in [-0.2, 0) is 13.1 Å². The van der Waals surface area contributed by atoms with Crippen LogP contribution in [0, 0.1) is 6.92 Å². The number of rotatable bonds is 4. The molecule has 1 aromatic carbocycles. The Kier molecular flexibility index (Phi) is 4.48. The minimum absolute atomic E-state index is 0.0244. The van der Waals surface area contributed by atoms with E-state index in [1.165, 1.54) is 0 Å². The molecule has 0 aliphatic rings. The molecule has 2 aromatic rings. The second-order valence-corrected chi connectivity index (χ2v) is 4.84. The molecule has 0 spiro atoms. The lowest BCUT2D eigenvalue weighted by Crippen LogP contribution is -2.26. The highest BCUT2D eigenvalue weighted by molar-refractivity contribution is 5.94. The van der Waals surface area contributed by atoms with Crippen LogP contribution in [0.15, 0.2) is 42.5 Å². The van der Waals surface area contributed by atoms with E-state index in [1.807, 2.05) is 49.4 Å². The summed E-state index contributed by atoms with van der Waals surface area (Å²) < 4.78 is 0. The second-order valence-electron chi connectivity index (χ2n) is 4.84. The van der Waals surface area contributed by atoms with E-state index in [-0.39, 0.29) is 5.91 Å². The van der Waals surface area contributed by atoms with Crippen molar-refractivity contribution in [1.29, 1.82) is 0 Å². The van der Waals surface area contributed by atoms with Gasteiger partial charge in [-0.25, -0.2) is 0 Å². The molecule has 0 radical (unpaired) electrons. The molecule has 4 heteroatoms. The Morgan fingerprint density at radius 1 is 1.25 bits per heavy atom. The fourth-order valence-electron chi connectivity index (χ4n) is 2.05. The monoisotopic (exact) mass is 269 g/mol. The molecule has 2 rings (SSSR count). The van der Waals surface area contributed by atoms with E-state index in [9.17, 15) is 4.79 Å². The van der Waals surface area contributed by atoms with Crippen molar-refractivity contribution in [3.8, 4) is 0 Å². The number of nitrogens with zero attached hydrogens (tertiary/aromatic N) is 2. The number of carbonyl (C=O) groups is 1. The molecule has 0 saturated heterocycles. The van der Waals surface area contributed by atoms with Gasteiger partial charge in [-0.15, -0.1) is 0 Å². The molecule has 2 N–H and O–H groups in total. The van der Waals surface area contributed by atoms with Crippen molar-refractivity contribution in [2.24, 2.45) is 5.73 Å². The van der Waals surface area contributed by atoms with Crippen LogP contribution in [0.5, 0.6) is 0 Å². The standard InChI is InChI=1S/C16H19N3O/c1-12-5-3-8-15(18-12)11-19(2)16(20)14-7-4-6-13(9-14)10-17/h3-9H,10-11,17H2,1-2H3. The van der Waals surface area contributed by atoms with Crippen LogP contribution in [0.2, 0.25) is 0 Å². The normalized spacial score (nSPS) is 10.3. The molecule has 0 atom stereocenters. The largest absolute Gasteiger partial charge is 0.336 e. The first-order chi connectivity index (χ1) is 9.60. The minimum atomic E-state index is -0.0244. The topological polar surface area (TPSA) is 59.2 Å². The maximum Gasteiger partial charge on any atom is 0.253 e. The summed E-state index contributed by atoms with van der Waals surface area (Å²) in [5.41, 5.74) is 9.05. The SMILES string of the molecule is Cc1cccc(CN(C)C(=O)c2cccc(CN)c2)n1. The molecule has 104 valence electrons. The zero-order valence-corrected chi connectivity index (χ0v) is 11.8. The Bertz CT molecular complexity index is 610. The van der Waals surface area contributed by atoms with Gasteiger partial charge in [-0.3, -0.25) is 9.78 Å². The van der Waals surface area contributed by atoms with E-state index in [1.54, 1.807) is 11.9 Å². The zero-order chi connectivity index (χ0) is 14.5. The molecule has 20 heavy (non-hydrogen) atoms. The van der Waals surface area contributed by atoms with Crippen molar-refractivity contribution in [2.75, 3.05) is 7.05 Å². The maximum atomic E-state index is 12.4. The van der Waals surface area contributed by atoms with Crippen LogP contribution in [0.3, 0.4) is 0 Å². The van der Waals surface area contributed by atoms with Crippen molar-refractivity contribution in [1.82, 2.24) is 9.88 Å². The van der Waals surface area contributed by atoms with Crippen molar-refractivity contribution in [3.05, 3.63) is 65.0 Å². The van der Waals surface area contributed by atoms with E-state index in [4.69, 9.17) is 5.73 Å². The van der Waals surface area contributed by atoms with Crippen molar-refractivity contribution >= 4 is 5.91 Å². The molecule has 1 aromatic heterocycles. The quantitative estimate of drug-likeness (QED) is 0.925. The summed E-state index contributed by atoms with van der Waals surface area (Å²) in [7, 11) is 1.78. The number of pyridine rings is 1. The van der Waals surface area contributed by atoms with Crippen LogP contribution in [0.1, 0.15) is 27.3 Å². The lowest BCUT2D eigenvalue weighted by atomic mass is 10.1. The Morgan fingerprint density at radius 3 is 2.70 bits per heavy atom. The Morgan fingerprint density at radius 2 is 2.00 bits per heavy atom. The third-order valence-corrected chi connectivity index (χ3v) is 3.10. The van der Waals surface area contributed by atoms with Gasteiger partial charge in [0.2, 0.25) is 0 Å². The highest BCUT2D eigenvalue weighted by Gasteiger charge is 2.12. The molecule has 4 nitrogen and oxygen atoms in total. The summed E-state index contributed by atoms with van der Waals surface area (Å²) in [4.78, 5) is 18.4. The number of aryl methyl sites for hydroxylation is 1. The van der Waals surface area contributed by atoms with Gasteiger partial charge in [-0.05, 0) is 36.8 Å². The average Bonchev–Trinajstić information content (AvgIpc) is 2.46. The number of benzene rings is 1. The molecular weight excluding hydrogens is 250 g/mol. The molecule has 1 heterocycles. The fraction of sp³-hybridized carbons (Fsp3) is 0.250. The van der Waals surface area contributed by atoms with Gasteiger partial charge < -0.3 is 10.6 Å². The third kappa shape index (κ3) is 3.42. The molecule has 0 aliphatic carbocycles. The molecule has 0 unspecified atom stereocenters. The number of hydrogen-bond acceptors (Lipinski definition) is 3. The Hall–Kier alpha value is -2.20. The van der Waals surface area contributed by atoms with E-state index in [2.05, 4.69) is 4.98 Å². The van der Waals surface area contributed by atoms with Gasteiger partial charge in [0.05, 0.1) is 12.2 Å². The molecule has 1 amide bonds. The molecule has 0 saturated carbocycles. The summed E-state index contributed by atoms with van der Waals surface area (Å²) in [5, 5.41) is 0. The minimum Gasteiger partial charge on any atom is -0.336 e. The molecule has 0 aliphatic heterocycles.